The molecule has 5 nitrogen and oxygen atoms in total. The van der Waals surface area contributed by atoms with Gasteiger partial charge < -0.3 is 14.0 Å². The van der Waals surface area contributed by atoms with E-state index in [1.165, 1.54) is 24.0 Å². The maximum atomic E-state index is 12.9. The second-order valence-corrected chi connectivity index (χ2v) is 7.95. The molecule has 0 N–H and O–H groups in total. The Kier molecular flexibility index (Phi) is 6.23. The van der Waals surface area contributed by atoms with Gasteiger partial charge in [-0.2, -0.15) is 16.8 Å². The molecule has 3 aromatic rings. The van der Waals surface area contributed by atoms with Gasteiger partial charge in [0.1, 0.15) is 0 Å². The van der Waals surface area contributed by atoms with Crippen LogP contribution in [-0.4, -0.2) is 36.7 Å². The first-order chi connectivity index (χ1) is 13.1. The van der Waals surface area contributed by atoms with Gasteiger partial charge in [-0.15, -0.1) is 0 Å². The maximum absolute atomic E-state index is 12.9. The number of amides is 1. The Morgan fingerprint density at radius 2 is 2.04 bits per heavy atom. The number of hydrogen-bond donors (Lipinski definition) is 0. The first-order valence-corrected chi connectivity index (χ1v) is 10.7. The van der Waals surface area contributed by atoms with Gasteiger partial charge in [-0.25, -0.2) is 0 Å². The molecule has 0 bridgehead atoms. The molecule has 142 valence electrons. The number of thiazole rings is 1. The van der Waals surface area contributed by atoms with Crippen molar-refractivity contribution in [2.75, 3.05) is 26.2 Å². The molecule has 1 heterocycles. The van der Waals surface area contributed by atoms with E-state index >= 15 is 0 Å². The molecule has 0 saturated carbocycles. The number of hydrogen-bond acceptors (Lipinski definition) is 5. The Hall–Kier alpha value is -2.25. The van der Waals surface area contributed by atoms with Crippen LogP contribution in [0.4, 0.5) is 0 Å². The fourth-order valence-electron chi connectivity index (χ4n) is 2.87. The first kappa shape index (κ1) is 19.5. The third kappa shape index (κ3) is 4.04. The number of aryl methyl sites for hydroxylation is 2. The van der Waals surface area contributed by atoms with Crippen LogP contribution in [0, 0.1) is 6.92 Å². The van der Waals surface area contributed by atoms with Crippen LogP contribution in [0.15, 0.2) is 41.4 Å². The molecule has 0 unspecified atom stereocenters. The normalized spacial score (nSPS) is 11.8. The van der Waals surface area contributed by atoms with Crippen molar-refractivity contribution in [2.45, 2.75) is 13.5 Å². The SMILES string of the molecule is COc1cccc(C(=O)N=c2sc3cc(C)ccc3n2CCSC)c1OC. The quantitative estimate of drug-likeness (QED) is 0.622. The zero-order valence-electron chi connectivity index (χ0n) is 15.8. The molecule has 7 heteroatoms. The standard InChI is InChI=1S/C20H22N2O3S2/c1-13-8-9-15-17(12-13)27-20(22(15)10-11-26-4)21-19(23)14-6-5-7-16(24-2)18(14)25-3/h5-9,12H,10-11H2,1-4H3. The van der Waals surface area contributed by atoms with Crippen molar-refractivity contribution >= 4 is 39.2 Å². The predicted octanol–water partition coefficient (Wildman–Crippen LogP) is 4.13. The van der Waals surface area contributed by atoms with Gasteiger partial charge in [-0.1, -0.05) is 23.5 Å². The average Bonchev–Trinajstić information content (AvgIpc) is 3.01. The lowest BCUT2D eigenvalue weighted by molar-refractivity contribution is 0.0994. The van der Waals surface area contributed by atoms with E-state index in [1.807, 2.05) is 0 Å². The molecular formula is C20H22N2O3S2. The van der Waals surface area contributed by atoms with Crippen molar-refractivity contribution in [1.82, 2.24) is 4.57 Å². The average molecular weight is 403 g/mol. The van der Waals surface area contributed by atoms with Gasteiger partial charge in [-0.05, 0) is 43.0 Å². The summed E-state index contributed by atoms with van der Waals surface area (Å²) in [5.74, 6) is 1.53. The van der Waals surface area contributed by atoms with E-state index in [2.05, 4.69) is 40.9 Å². The van der Waals surface area contributed by atoms with Gasteiger partial charge in [0.25, 0.3) is 5.91 Å². The number of nitrogens with zero attached hydrogens (tertiary/aromatic N) is 2. The maximum Gasteiger partial charge on any atom is 0.283 e. The summed E-state index contributed by atoms with van der Waals surface area (Å²) < 4.78 is 13.9. The van der Waals surface area contributed by atoms with Crippen molar-refractivity contribution < 1.29 is 14.3 Å². The fraction of sp³-hybridized carbons (Fsp3) is 0.300. The minimum absolute atomic E-state index is 0.341. The zero-order valence-corrected chi connectivity index (χ0v) is 17.4. The van der Waals surface area contributed by atoms with Crippen molar-refractivity contribution in [1.29, 1.82) is 0 Å². The molecule has 0 aliphatic carbocycles. The highest BCUT2D eigenvalue weighted by Gasteiger charge is 2.16. The van der Waals surface area contributed by atoms with Crippen LogP contribution in [0.2, 0.25) is 0 Å². The number of rotatable bonds is 6. The smallest absolute Gasteiger partial charge is 0.283 e. The van der Waals surface area contributed by atoms with E-state index in [9.17, 15) is 4.79 Å². The lowest BCUT2D eigenvalue weighted by Gasteiger charge is -2.10. The van der Waals surface area contributed by atoms with E-state index in [-0.39, 0.29) is 5.91 Å². The Labute approximate surface area is 166 Å². The lowest BCUT2D eigenvalue weighted by atomic mass is 10.2. The van der Waals surface area contributed by atoms with Gasteiger partial charge in [0.15, 0.2) is 16.3 Å². The Bertz CT molecular complexity index is 1040. The molecule has 0 atom stereocenters. The van der Waals surface area contributed by atoms with Gasteiger partial charge in [0, 0.05) is 12.3 Å². The Morgan fingerprint density at radius 3 is 2.74 bits per heavy atom. The van der Waals surface area contributed by atoms with Gasteiger partial charge in [-0.3, -0.25) is 4.79 Å². The monoisotopic (exact) mass is 402 g/mol. The molecule has 0 saturated heterocycles. The summed E-state index contributed by atoms with van der Waals surface area (Å²) in [5.41, 5.74) is 2.68. The lowest BCUT2D eigenvalue weighted by Crippen LogP contribution is -2.18. The minimum Gasteiger partial charge on any atom is -0.493 e. The molecule has 0 fully saturated rings. The Morgan fingerprint density at radius 1 is 1.22 bits per heavy atom. The van der Waals surface area contributed by atoms with E-state index in [0.717, 1.165) is 22.5 Å². The number of carbonyl (C=O) groups excluding carboxylic acids is 1. The van der Waals surface area contributed by atoms with Crippen LogP contribution in [0.1, 0.15) is 15.9 Å². The Balaban J connectivity index is 2.14. The second kappa shape index (κ2) is 8.63. The molecule has 0 aliphatic heterocycles. The van der Waals surface area contributed by atoms with Crippen LogP contribution in [0.3, 0.4) is 0 Å². The molecule has 1 amide bonds. The number of carbonyl (C=O) groups is 1. The highest BCUT2D eigenvalue weighted by atomic mass is 32.2. The summed E-state index contributed by atoms with van der Waals surface area (Å²) in [6, 6.07) is 11.5. The fourth-order valence-corrected chi connectivity index (χ4v) is 4.38. The third-order valence-electron chi connectivity index (χ3n) is 4.19. The minimum atomic E-state index is -0.341. The topological polar surface area (TPSA) is 52.8 Å². The van der Waals surface area contributed by atoms with Crippen molar-refractivity contribution in [3.63, 3.8) is 0 Å². The second-order valence-electron chi connectivity index (χ2n) is 5.96. The van der Waals surface area contributed by atoms with Gasteiger partial charge >= 0.3 is 0 Å². The molecule has 1 aromatic heterocycles. The molecule has 0 radical (unpaired) electrons. The van der Waals surface area contributed by atoms with Crippen LogP contribution in [-0.2, 0) is 6.54 Å². The number of fused-ring (bicyclic) bond motifs is 1. The van der Waals surface area contributed by atoms with Crippen LogP contribution in [0.5, 0.6) is 11.5 Å². The third-order valence-corrected chi connectivity index (χ3v) is 5.82. The van der Waals surface area contributed by atoms with E-state index < -0.39 is 0 Å². The van der Waals surface area contributed by atoms with Crippen LogP contribution in [0.25, 0.3) is 10.2 Å². The molecule has 0 aliphatic rings. The largest absolute Gasteiger partial charge is 0.493 e. The predicted molar refractivity (Wildman–Crippen MR) is 112 cm³/mol. The summed E-state index contributed by atoms with van der Waals surface area (Å²) >= 11 is 3.30. The number of benzene rings is 2. The van der Waals surface area contributed by atoms with Crippen molar-refractivity contribution in [2.24, 2.45) is 4.99 Å². The number of aromatic nitrogens is 1. The van der Waals surface area contributed by atoms with E-state index in [1.54, 1.807) is 37.1 Å². The molecule has 0 spiro atoms. The van der Waals surface area contributed by atoms with Crippen LogP contribution < -0.4 is 14.3 Å². The summed E-state index contributed by atoms with van der Waals surface area (Å²) in [7, 11) is 3.07. The molecule has 27 heavy (non-hydrogen) atoms. The number of ether oxygens (including phenoxy) is 2. The highest BCUT2D eigenvalue weighted by molar-refractivity contribution is 7.98. The molecule has 3 rings (SSSR count). The molecular weight excluding hydrogens is 380 g/mol. The zero-order chi connectivity index (χ0) is 19.4. The summed E-state index contributed by atoms with van der Waals surface area (Å²) in [6.07, 6.45) is 2.07. The van der Waals surface area contributed by atoms with Crippen molar-refractivity contribution in [3.05, 3.63) is 52.3 Å². The highest BCUT2D eigenvalue weighted by Crippen LogP contribution is 2.31. The summed E-state index contributed by atoms with van der Waals surface area (Å²) in [4.78, 5) is 18.0. The van der Waals surface area contributed by atoms with Gasteiger partial charge in [0.05, 0.1) is 30.0 Å². The van der Waals surface area contributed by atoms with Gasteiger partial charge in [0.2, 0.25) is 0 Å². The van der Waals surface area contributed by atoms with Crippen molar-refractivity contribution in [3.8, 4) is 11.5 Å². The summed E-state index contributed by atoms with van der Waals surface area (Å²) in [5, 5.41) is 0. The van der Waals surface area contributed by atoms with E-state index in [0.29, 0.717) is 21.9 Å². The first-order valence-electron chi connectivity index (χ1n) is 8.48. The van der Waals surface area contributed by atoms with Crippen LogP contribution >= 0.6 is 23.1 Å². The summed E-state index contributed by atoms with van der Waals surface area (Å²) in [6.45, 7) is 2.86. The number of para-hydroxylation sites is 1. The number of thioether (sulfide) groups is 1. The van der Waals surface area contributed by atoms with E-state index in [4.69, 9.17) is 9.47 Å². The number of methoxy groups -OCH3 is 2. The molecule has 2 aromatic carbocycles.